The monoisotopic (exact) mass is 428 g/mol. The van der Waals surface area contributed by atoms with Crippen LogP contribution in [0.3, 0.4) is 0 Å². The molecule has 0 radical (unpaired) electrons. The van der Waals surface area contributed by atoms with Crippen LogP contribution in [0, 0.1) is 13.8 Å². The van der Waals surface area contributed by atoms with Crippen LogP contribution in [0.15, 0.2) is 24.3 Å². The van der Waals surface area contributed by atoms with Gasteiger partial charge in [-0.2, -0.15) is 0 Å². The van der Waals surface area contributed by atoms with Crippen LogP contribution in [-0.4, -0.2) is 53.4 Å². The van der Waals surface area contributed by atoms with Gasteiger partial charge in [0, 0.05) is 29.9 Å². The van der Waals surface area contributed by atoms with Crippen molar-refractivity contribution in [1.82, 2.24) is 9.47 Å². The average molecular weight is 429 g/mol. The molecular weight excluding hydrogens is 396 g/mol. The first-order chi connectivity index (χ1) is 14.7. The van der Waals surface area contributed by atoms with Crippen molar-refractivity contribution in [2.45, 2.75) is 54.1 Å². The molecule has 0 spiro atoms. The second-order valence-corrected chi connectivity index (χ2v) is 7.26. The molecule has 1 amide bonds. The number of Topliss-reactive ketones (excluding diaryl/α,β-unsaturated/α-hetero) is 1. The fraction of sp³-hybridized carbons (Fsp3) is 0.458. The van der Waals surface area contributed by atoms with Crippen molar-refractivity contribution in [3.05, 3.63) is 52.3 Å². The molecule has 1 aromatic carbocycles. The molecule has 0 saturated heterocycles. The van der Waals surface area contributed by atoms with Gasteiger partial charge in [-0.25, -0.2) is 4.79 Å². The Morgan fingerprint density at radius 2 is 1.81 bits per heavy atom. The molecule has 0 N–H and O–H groups in total. The number of carbonyl (C=O) groups is 3. The predicted octanol–water partition coefficient (Wildman–Crippen LogP) is 4.04. The molecule has 0 bridgehead atoms. The number of aromatic nitrogens is 1. The normalized spacial score (nSPS) is 11.7. The highest BCUT2D eigenvalue weighted by Gasteiger charge is 2.32. The Hall–Kier alpha value is -3.09. The lowest BCUT2D eigenvalue weighted by Crippen LogP contribution is -2.43. The van der Waals surface area contributed by atoms with E-state index in [2.05, 4.69) is 0 Å². The molecule has 0 saturated carbocycles. The maximum Gasteiger partial charge on any atom is 0.355 e. The molecule has 0 aliphatic rings. The minimum absolute atomic E-state index is 0.203. The summed E-state index contributed by atoms with van der Waals surface area (Å²) in [6.07, 6.45) is 0. The van der Waals surface area contributed by atoms with Crippen LogP contribution in [0.4, 0.5) is 0 Å². The number of methoxy groups -OCH3 is 1. The van der Waals surface area contributed by atoms with E-state index >= 15 is 0 Å². The van der Waals surface area contributed by atoms with Gasteiger partial charge in [-0.15, -0.1) is 0 Å². The third kappa shape index (κ3) is 4.65. The number of carbonyl (C=O) groups excluding carboxylic acids is 3. The number of esters is 1. The van der Waals surface area contributed by atoms with Crippen molar-refractivity contribution in [1.29, 1.82) is 0 Å². The number of hydrogen-bond donors (Lipinski definition) is 0. The van der Waals surface area contributed by atoms with E-state index < -0.39 is 12.0 Å². The lowest BCUT2D eigenvalue weighted by molar-refractivity contribution is 0.0512. The van der Waals surface area contributed by atoms with Crippen molar-refractivity contribution in [3.63, 3.8) is 0 Å². The first-order valence-electron chi connectivity index (χ1n) is 10.6. The second-order valence-electron chi connectivity index (χ2n) is 7.26. The van der Waals surface area contributed by atoms with Gasteiger partial charge in [0.2, 0.25) is 0 Å². The molecule has 1 heterocycles. The second kappa shape index (κ2) is 10.3. The number of likely N-dealkylation sites (N-methyl/N-ethyl adjacent to an activating group) is 1. The molecule has 1 aromatic heterocycles. The van der Waals surface area contributed by atoms with Crippen LogP contribution in [0.1, 0.15) is 70.2 Å². The molecule has 0 fully saturated rings. The van der Waals surface area contributed by atoms with Gasteiger partial charge in [0.1, 0.15) is 11.4 Å². The molecule has 1 atom stereocenters. The van der Waals surface area contributed by atoms with Crippen LogP contribution in [0.2, 0.25) is 0 Å². The third-order valence-electron chi connectivity index (χ3n) is 5.56. The summed E-state index contributed by atoms with van der Waals surface area (Å²) in [5.74, 6) is -0.327. The maximum absolute atomic E-state index is 13.5. The van der Waals surface area contributed by atoms with Gasteiger partial charge in [-0.05, 0) is 65.3 Å². The summed E-state index contributed by atoms with van der Waals surface area (Å²) < 4.78 is 12.2. The summed E-state index contributed by atoms with van der Waals surface area (Å²) in [5.41, 5.74) is 2.59. The first-order valence-corrected chi connectivity index (χ1v) is 10.6. The van der Waals surface area contributed by atoms with Gasteiger partial charge in [-0.1, -0.05) is 6.07 Å². The topological polar surface area (TPSA) is 77.8 Å². The lowest BCUT2D eigenvalue weighted by atomic mass is 9.99. The molecule has 0 aliphatic carbocycles. The number of amides is 1. The Morgan fingerprint density at radius 1 is 1.13 bits per heavy atom. The average Bonchev–Trinajstić information content (AvgIpc) is 3.02. The predicted molar refractivity (Wildman–Crippen MR) is 119 cm³/mol. The summed E-state index contributed by atoms with van der Waals surface area (Å²) in [5, 5.41) is 0. The van der Waals surface area contributed by atoms with Crippen molar-refractivity contribution >= 4 is 17.7 Å². The number of ketones is 1. The summed E-state index contributed by atoms with van der Waals surface area (Å²) in [4.78, 5) is 40.7. The largest absolute Gasteiger partial charge is 0.497 e. The summed E-state index contributed by atoms with van der Waals surface area (Å²) in [7, 11) is 1.54. The zero-order valence-corrected chi connectivity index (χ0v) is 19.4. The highest BCUT2D eigenvalue weighted by molar-refractivity contribution is 6.07. The van der Waals surface area contributed by atoms with Crippen LogP contribution in [-0.2, 0) is 11.3 Å². The van der Waals surface area contributed by atoms with E-state index in [-0.39, 0.29) is 18.3 Å². The van der Waals surface area contributed by atoms with Gasteiger partial charge in [0.05, 0.1) is 19.8 Å². The highest BCUT2D eigenvalue weighted by atomic mass is 16.5. The van der Waals surface area contributed by atoms with Crippen LogP contribution < -0.4 is 4.74 Å². The molecule has 31 heavy (non-hydrogen) atoms. The van der Waals surface area contributed by atoms with Gasteiger partial charge in [-0.3, -0.25) is 9.59 Å². The molecule has 2 rings (SSSR count). The molecule has 7 nitrogen and oxygen atoms in total. The smallest absolute Gasteiger partial charge is 0.355 e. The molecule has 0 aliphatic heterocycles. The summed E-state index contributed by atoms with van der Waals surface area (Å²) in [6, 6.07) is 6.16. The lowest BCUT2D eigenvalue weighted by Gasteiger charge is -2.27. The van der Waals surface area contributed by atoms with Crippen molar-refractivity contribution < 1.29 is 23.9 Å². The van der Waals surface area contributed by atoms with E-state index in [1.54, 1.807) is 56.7 Å². The minimum Gasteiger partial charge on any atom is -0.497 e. The molecule has 1 unspecified atom stereocenters. The number of ether oxygens (including phenoxy) is 2. The zero-order chi connectivity index (χ0) is 23.3. The Bertz CT molecular complexity index is 977. The number of benzene rings is 1. The quantitative estimate of drug-likeness (QED) is 0.445. The number of nitrogens with zero attached hydrogens (tertiary/aromatic N) is 2. The van der Waals surface area contributed by atoms with Gasteiger partial charge in [0.15, 0.2) is 5.78 Å². The maximum atomic E-state index is 13.5. The van der Waals surface area contributed by atoms with Crippen LogP contribution in [0.5, 0.6) is 5.75 Å². The zero-order valence-electron chi connectivity index (χ0n) is 19.4. The Balaban J connectivity index is 2.45. The molecular formula is C24H32N2O5. The summed E-state index contributed by atoms with van der Waals surface area (Å²) in [6.45, 7) is 11.9. The van der Waals surface area contributed by atoms with E-state index in [0.29, 0.717) is 46.9 Å². The van der Waals surface area contributed by atoms with E-state index in [0.717, 1.165) is 0 Å². The standard InChI is InChI=1S/C24H32N2O5/c1-8-25-16(5)20(15(4)21(25)24(29)31-10-3)22(27)17(6)26(9-2)23(28)18-12-11-13-19(14-18)30-7/h11-14,17H,8-10H2,1-7H3. The third-order valence-corrected chi connectivity index (χ3v) is 5.56. The van der Waals surface area contributed by atoms with E-state index in [1.165, 1.54) is 4.90 Å². The fourth-order valence-corrected chi connectivity index (χ4v) is 3.98. The van der Waals surface area contributed by atoms with Crippen LogP contribution >= 0.6 is 0 Å². The van der Waals surface area contributed by atoms with Crippen molar-refractivity contribution in [2.75, 3.05) is 20.3 Å². The van der Waals surface area contributed by atoms with Gasteiger partial charge < -0.3 is 18.9 Å². The van der Waals surface area contributed by atoms with Gasteiger partial charge in [0.25, 0.3) is 5.91 Å². The van der Waals surface area contributed by atoms with E-state index in [1.807, 2.05) is 20.8 Å². The van der Waals surface area contributed by atoms with Crippen LogP contribution in [0.25, 0.3) is 0 Å². The molecule has 168 valence electrons. The Kier molecular flexibility index (Phi) is 8.02. The minimum atomic E-state index is -0.705. The Morgan fingerprint density at radius 3 is 2.35 bits per heavy atom. The number of rotatable bonds is 9. The highest BCUT2D eigenvalue weighted by Crippen LogP contribution is 2.26. The van der Waals surface area contributed by atoms with E-state index in [4.69, 9.17) is 9.47 Å². The van der Waals surface area contributed by atoms with Gasteiger partial charge >= 0.3 is 5.97 Å². The number of hydrogen-bond acceptors (Lipinski definition) is 5. The molecule has 7 heteroatoms. The van der Waals surface area contributed by atoms with Crippen molar-refractivity contribution in [2.24, 2.45) is 0 Å². The SMILES string of the molecule is CCOC(=O)c1c(C)c(C(=O)C(C)N(CC)C(=O)c2cccc(OC)c2)c(C)n1CC. The van der Waals surface area contributed by atoms with E-state index in [9.17, 15) is 14.4 Å². The first kappa shape index (κ1) is 24.2. The molecule has 2 aromatic rings. The summed E-state index contributed by atoms with van der Waals surface area (Å²) >= 11 is 0. The Labute approximate surface area is 183 Å². The van der Waals surface area contributed by atoms with Crippen molar-refractivity contribution in [3.8, 4) is 5.75 Å². The fourth-order valence-electron chi connectivity index (χ4n) is 3.98.